The van der Waals surface area contributed by atoms with Crippen LogP contribution in [0.15, 0.2) is 29.2 Å². The lowest BCUT2D eigenvalue weighted by molar-refractivity contribution is -0.127. The number of ether oxygens (including phenoxy) is 1. The number of Topliss-reactive ketones (excluding diaryl/α,β-unsaturated/α-hetero) is 1. The summed E-state index contributed by atoms with van der Waals surface area (Å²) in [4.78, 5) is 46.1. The molecule has 6 nitrogen and oxygen atoms in total. The third-order valence-electron chi connectivity index (χ3n) is 2.62. The van der Waals surface area contributed by atoms with E-state index in [4.69, 9.17) is 0 Å². The van der Waals surface area contributed by atoms with Crippen LogP contribution in [0.1, 0.15) is 12.5 Å². The number of thioether (sulfide) groups is 1. The highest BCUT2D eigenvalue weighted by molar-refractivity contribution is 8.18. The van der Waals surface area contributed by atoms with E-state index in [-0.39, 0.29) is 17.2 Å². The van der Waals surface area contributed by atoms with E-state index in [1.165, 1.54) is 6.92 Å². The molecule has 0 radical (unpaired) electrons. The second-order valence-corrected chi connectivity index (χ2v) is 5.25. The molecule has 1 aromatic rings. The number of ketones is 1. The molecular formula is C14H11NO5S. The van der Waals surface area contributed by atoms with Crippen LogP contribution in [-0.2, 0) is 14.4 Å². The molecule has 0 N–H and O–H groups in total. The minimum absolute atomic E-state index is 0.214. The fraction of sp³-hybridized carbons (Fsp3) is 0.143. The zero-order valence-corrected chi connectivity index (χ0v) is 11.9. The van der Waals surface area contributed by atoms with Gasteiger partial charge in [0.25, 0.3) is 17.6 Å². The summed E-state index contributed by atoms with van der Waals surface area (Å²) in [6.45, 7) is 1.43. The average molecular weight is 305 g/mol. The zero-order chi connectivity index (χ0) is 15.4. The molecule has 0 saturated carbocycles. The highest BCUT2D eigenvalue weighted by Gasteiger charge is 2.35. The number of hydrogen-bond acceptors (Lipinski definition) is 6. The summed E-state index contributed by atoms with van der Waals surface area (Å²) < 4.78 is 4.66. The molecule has 0 aromatic heterocycles. The predicted octanol–water partition coefficient (Wildman–Crippen LogP) is 1.85. The molecule has 7 heteroatoms. The van der Waals surface area contributed by atoms with Gasteiger partial charge in [0.15, 0.2) is 0 Å². The van der Waals surface area contributed by atoms with Crippen molar-refractivity contribution in [2.24, 2.45) is 0 Å². The summed E-state index contributed by atoms with van der Waals surface area (Å²) in [5.74, 6) is -0.353. The zero-order valence-electron chi connectivity index (χ0n) is 11.1. The number of rotatable bonds is 5. The highest BCUT2D eigenvalue weighted by atomic mass is 32.2. The van der Waals surface area contributed by atoms with Gasteiger partial charge in [-0.25, -0.2) is 0 Å². The Labute approximate surface area is 124 Å². The van der Waals surface area contributed by atoms with Crippen molar-refractivity contribution in [2.75, 3.05) is 6.54 Å². The maximum Gasteiger partial charge on any atom is 0.298 e. The molecule has 1 heterocycles. The van der Waals surface area contributed by atoms with Crippen LogP contribution in [0.2, 0.25) is 0 Å². The first-order valence-corrected chi connectivity index (χ1v) is 6.78. The minimum Gasteiger partial charge on any atom is -0.429 e. The van der Waals surface area contributed by atoms with E-state index in [0.29, 0.717) is 17.8 Å². The van der Waals surface area contributed by atoms with Gasteiger partial charge in [-0.1, -0.05) is 12.1 Å². The van der Waals surface area contributed by atoms with Crippen LogP contribution in [0, 0.1) is 0 Å². The molecule has 108 valence electrons. The second kappa shape index (κ2) is 6.36. The second-order valence-electron chi connectivity index (χ2n) is 4.25. The molecule has 2 amide bonds. The smallest absolute Gasteiger partial charge is 0.298 e. The summed E-state index contributed by atoms with van der Waals surface area (Å²) in [6.07, 6.45) is 1.55. The molecule has 1 aliphatic rings. The number of carbonyl (C=O) groups is 4. The molecule has 2 rings (SSSR count). The van der Waals surface area contributed by atoms with E-state index in [1.54, 1.807) is 30.3 Å². The maximum absolute atomic E-state index is 12.0. The van der Waals surface area contributed by atoms with Crippen LogP contribution >= 0.6 is 11.8 Å². The van der Waals surface area contributed by atoms with Gasteiger partial charge in [-0.3, -0.25) is 24.1 Å². The van der Waals surface area contributed by atoms with Crippen molar-refractivity contribution in [2.45, 2.75) is 6.92 Å². The van der Waals surface area contributed by atoms with E-state index in [0.717, 1.165) is 16.7 Å². The van der Waals surface area contributed by atoms with Crippen LogP contribution in [0.3, 0.4) is 0 Å². The first-order valence-electron chi connectivity index (χ1n) is 5.96. The SMILES string of the molecule is CC(=O)CN1C(=O)S/C(=C\c2ccc(OC=O)cc2)C1=O. The van der Waals surface area contributed by atoms with Crippen molar-refractivity contribution in [1.29, 1.82) is 0 Å². The molecule has 0 spiro atoms. The van der Waals surface area contributed by atoms with Crippen LogP contribution in [0.5, 0.6) is 5.75 Å². The molecule has 1 fully saturated rings. The van der Waals surface area contributed by atoms with Crippen molar-refractivity contribution >= 4 is 41.2 Å². The van der Waals surface area contributed by atoms with Gasteiger partial charge in [-0.15, -0.1) is 0 Å². The fourth-order valence-electron chi connectivity index (χ4n) is 1.71. The topological polar surface area (TPSA) is 80.8 Å². The lowest BCUT2D eigenvalue weighted by Gasteiger charge is -2.08. The Kier molecular flexibility index (Phi) is 4.54. The number of benzene rings is 1. The van der Waals surface area contributed by atoms with Crippen LogP contribution < -0.4 is 4.74 Å². The largest absolute Gasteiger partial charge is 0.429 e. The van der Waals surface area contributed by atoms with E-state index in [2.05, 4.69) is 4.74 Å². The molecule has 0 bridgehead atoms. The Morgan fingerprint density at radius 1 is 1.29 bits per heavy atom. The maximum atomic E-state index is 12.0. The van der Waals surface area contributed by atoms with Gasteiger partial charge < -0.3 is 4.74 Å². The Balaban J connectivity index is 2.18. The van der Waals surface area contributed by atoms with Gasteiger partial charge in [-0.2, -0.15) is 0 Å². The number of amides is 2. The average Bonchev–Trinajstić information content (AvgIpc) is 2.69. The Morgan fingerprint density at radius 2 is 1.95 bits per heavy atom. The van der Waals surface area contributed by atoms with Gasteiger partial charge >= 0.3 is 0 Å². The molecule has 0 aliphatic carbocycles. The number of imide groups is 1. The molecule has 1 aromatic carbocycles. The summed E-state index contributed by atoms with van der Waals surface area (Å²) in [5.41, 5.74) is 0.682. The summed E-state index contributed by atoms with van der Waals surface area (Å²) in [5, 5.41) is -0.456. The van der Waals surface area contributed by atoms with Crippen molar-refractivity contribution in [3.8, 4) is 5.75 Å². The van der Waals surface area contributed by atoms with Crippen molar-refractivity contribution in [3.05, 3.63) is 34.7 Å². The minimum atomic E-state index is -0.478. The molecule has 21 heavy (non-hydrogen) atoms. The summed E-state index contributed by atoms with van der Waals surface area (Å²) in [7, 11) is 0. The lowest BCUT2D eigenvalue weighted by Crippen LogP contribution is -2.32. The third kappa shape index (κ3) is 3.57. The first kappa shape index (κ1) is 15.0. The van der Waals surface area contributed by atoms with Crippen molar-refractivity contribution < 1.29 is 23.9 Å². The fourth-order valence-corrected chi connectivity index (χ4v) is 2.55. The van der Waals surface area contributed by atoms with Crippen LogP contribution in [0.4, 0.5) is 4.79 Å². The van der Waals surface area contributed by atoms with Gasteiger partial charge in [-0.05, 0) is 42.5 Å². The Morgan fingerprint density at radius 3 is 2.52 bits per heavy atom. The Hall–Kier alpha value is -2.41. The van der Waals surface area contributed by atoms with Crippen LogP contribution in [-0.4, -0.2) is 34.8 Å². The Bertz CT molecular complexity index is 635. The standard InChI is InChI=1S/C14H11NO5S/c1-9(17)7-15-13(18)12(21-14(15)19)6-10-2-4-11(5-3-10)20-8-16/h2-6,8H,7H2,1H3/b12-6-. The highest BCUT2D eigenvalue weighted by Crippen LogP contribution is 2.32. The van der Waals surface area contributed by atoms with Gasteiger partial charge in [0.2, 0.25) is 0 Å². The third-order valence-corrected chi connectivity index (χ3v) is 3.52. The van der Waals surface area contributed by atoms with Crippen molar-refractivity contribution in [3.63, 3.8) is 0 Å². The molecule has 1 aliphatic heterocycles. The number of hydrogen-bond donors (Lipinski definition) is 0. The van der Waals surface area contributed by atoms with E-state index in [1.807, 2.05) is 0 Å². The normalized spacial score (nSPS) is 16.4. The molecule has 0 unspecified atom stereocenters. The van der Waals surface area contributed by atoms with Gasteiger partial charge in [0.1, 0.15) is 11.5 Å². The van der Waals surface area contributed by atoms with Crippen molar-refractivity contribution in [1.82, 2.24) is 4.90 Å². The monoisotopic (exact) mass is 305 g/mol. The van der Waals surface area contributed by atoms with E-state index >= 15 is 0 Å². The summed E-state index contributed by atoms with van der Waals surface area (Å²) >= 11 is 0.792. The quantitative estimate of drug-likeness (QED) is 0.610. The molecule has 1 saturated heterocycles. The van der Waals surface area contributed by atoms with E-state index < -0.39 is 11.1 Å². The van der Waals surface area contributed by atoms with E-state index in [9.17, 15) is 19.2 Å². The van der Waals surface area contributed by atoms with Gasteiger partial charge in [0.05, 0.1) is 11.4 Å². The summed E-state index contributed by atoms with van der Waals surface area (Å²) in [6, 6.07) is 6.44. The predicted molar refractivity (Wildman–Crippen MR) is 76.5 cm³/mol. The first-order chi connectivity index (χ1) is 10.0. The molecular weight excluding hydrogens is 294 g/mol. The van der Waals surface area contributed by atoms with Crippen LogP contribution in [0.25, 0.3) is 6.08 Å². The number of carbonyl (C=O) groups excluding carboxylic acids is 4. The number of nitrogens with zero attached hydrogens (tertiary/aromatic N) is 1. The lowest BCUT2D eigenvalue weighted by atomic mass is 10.2. The van der Waals surface area contributed by atoms with Gasteiger partial charge in [0, 0.05) is 0 Å². The molecule has 0 atom stereocenters.